The van der Waals surface area contributed by atoms with Crippen LogP contribution in [0.3, 0.4) is 0 Å². The minimum absolute atomic E-state index is 0.0921. The average Bonchev–Trinajstić information content (AvgIpc) is 3.32. The summed E-state index contributed by atoms with van der Waals surface area (Å²) in [6.07, 6.45) is 1.39. The number of aromatic nitrogens is 4. The van der Waals surface area contributed by atoms with Gasteiger partial charge >= 0.3 is 5.69 Å². The third-order valence-electron chi connectivity index (χ3n) is 4.71. The highest BCUT2D eigenvalue weighted by molar-refractivity contribution is 8.00. The van der Waals surface area contributed by atoms with Gasteiger partial charge in [0, 0.05) is 36.8 Å². The predicted molar refractivity (Wildman–Crippen MR) is 116 cm³/mol. The fourth-order valence-corrected chi connectivity index (χ4v) is 4.19. The number of anilines is 1. The number of carbonyl (C=O) groups is 1. The first-order chi connectivity index (χ1) is 13.8. The standard InChI is InChI=1S/C19H20N6O3S/c1-11-9-29-17(21-11)12-4-6-13(7-5-12)22-14(26)8-25-10-20-16-15(25)18(27)24(3)19(28)23(16)2/h4-7,10,29H,8-9H2,1-3H3,(H,22,26). The van der Waals surface area contributed by atoms with Crippen LogP contribution in [0, 0.1) is 0 Å². The molecule has 150 valence electrons. The van der Waals surface area contributed by atoms with Crippen LogP contribution in [0.2, 0.25) is 0 Å². The molecule has 0 bridgehead atoms. The van der Waals surface area contributed by atoms with Crippen molar-refractivity contribution in [2.75, 3.05) is 11.1 Å². The molecule has 1 aliphatic heterocycles. The summed E-state index contributed by atoms with van der Waals surface area (Å²) in [4.78, 5) is 46.6. The monoisotopic (exact) mass is 412 g/mol. The number of aliphatic imine (C=N–C) groups is 1. The van der Waals surface area contributed by atoms with E-state index in [1.165, 1.54) is 40.9 Å². The number of carbonyl (C=O) groups excluding carboxylic acids is 1. The second kappa shape index (κ2) is 7.28. The van der Waals surface area contributed by atoms with E-state index >= 15 is 0 Å². The van der Waals surface area contributed by atoms with Crippen LogP contribution in [-0.2, 0) is 25.4 Å². The number of amides is 1. The number of benzene rings is 1. The van der Waals surface area contributed by atoms with Crippen molar-refractivity contribution in [1.82, 2.24) is 18.7 Å². The molecule has 0 saturated carbocycles. The summed E-state index contributed by atoms with van der Waals surface area (Å²) < 4.78 is 3.74. The fraction of sp³-hybridized carbons (Fsp3) is 0.263. The zero-order valence-electron chi connectivity index (χ0n) is 16.2. The zero-order valence-corrected chi connectivity index (χ0v) is 17.1. The van der Waals surface area contributed by atoms with Crippen molar-refractivity contribution < 1.29 is 4.79 Å². The van der Waals surface area contributed by atoms with Crippen LogP contribution in [0.5, 0.6) is 0 Å². The van der Waals surface area contributed by atoms with Crippen LogP contribution in [0.25, 0.3) is 11.2 Å². The van der Waals surface area contributed by atoms with Crippen LogP contribution in [-0.4, -0.2) is 41.0 Å². The van der Waals surface area contributed by atoms with Crippen molar-refractivity contribution in [2.45, 2.75) is 13.5 Å². The number of nitrogens with zero attached hydrogens (tertiary/aromatic N) is 5. The summed E-state index contributed by atoms with van der Waals surface area (Å²) in [5.41, 5.74) is 2.32. The highest BCUT2D eigenvalue weighted by Gasteiger charge is 2.16. The van der Waals surface area contributed by atoms with Gasteiger partial charge in [0.1, 0.15) is 6.54 Å². The van der Waals surface area contributed by atoms with Crippen molar-refractivity contribution in [3.05, 3.63) is 57.0 Å². The molecule has 29 heavy (non-hydrogen) atoms. The van der Waals surface area contributed by atoms with Gasteiger partial charge in [-0.25, -0.2) is 9.78 Å². The van der Waals surface area contributed by atoms with Gasteiger partial charge in [-0.3, -0.25) is 23.7 Å². The minimum atomic E-state index is -0.485. The summed E-state index contributed by atoms with van der Waals surface area (Å²) in [6.45, 7) is 1.92. The van der Waals surface area contributed by atoms with E-state index in [-0.39, 0.29) is 23.6 Å². The van der Waals surface area contributed by atoms with E-state index in [2.05, 4.69) is 15.3 Å². The summed E-state index contributed by atoms with van der Waals surface area (Å²) >= 11 is 1.19. The molecule has 3 aromatic rings. The molecule has 1 aromatic carbocycles. The van der Waals surface area contributed by atoms with Crippen LogP contribution in [0.15, 0.2) is 45.2 Å². The molecule has 0 spiro atoms. The molecule has 2 aromatic heterocycles. The number of hydrogen-bond donors (Lipinski definition) is 2. The van der Waals surface area contributed by atoms with E-state index < -0.39 is 11.2 Å². The summed E-state index contributed by atoms with van der Waals surface area (Å²) in [5.74, 6) is 0.658. The molecule has 1 aliphatic rings. The highest BCUT2D eigenvalue weighted by atomic mass is 32.1. The first-order valence-electron chi connectivity index (χ1n) is 8.95. The van der Waals surface area contributed by atoms with Crippen LogP contribution in [0.4, 0.5) is 5.69 Å². The number of nitrogens with one attached hydrogen (secondary N) is 1. The molecule has 0 fully saturated rings. The molecule has 9 nitrogen and oxygen atoms in total. The molecule has 0 atom stereocenters. The second-order valence-corrected chi connectivity index (χ2v) is 7.92. The van der Waals surface area contributed by atoms with E-state index in [4.69, 9.17) is 0 Å². The van der Waals surface area contributed by atoms with Gasteiger partial charge in [0.15, 0.2) is 11.2 Å². The van der Waals surface area contributed by atoms with Gasteiger partial charge < -0.3 is 9.88 Å². The Balaban J connectivity index is 1.54. The van der Waals surface area contributed by atoms with E-state index in [9.17, 15) is 14.4 Å². The Kier molecular flexibility index (Phi) is 4.79. The topological polar surface area (TPSA) is 103 Å². The van der Waals surface area contributed by atoms with Gasteiger partial charge in [0.25, 0.3) is 5.56 Å². The Morgan fingerprint density at radius 1 is 1.17 bits per heavy atom. The average molecular weight is 412 g/mol. The number of imidazole rings is 1. The van der Waals surface area contributed by atoms with E-state index in [0.717, 1.165) is 26.6 Å². The maximum Gasteiger partial charge on any atom is 0.332 e. The first-order valence-corrected chi connectivity index (χ1v) is 10.0. The Morgan fingerprint density at radius 3 is 2.55 bits per heavy atom. The molecular weight excluding hydrogens is 392 g/mol. The summed E-state index contributed by atoms with van der Waals surface area (Å²) in [7, 11) is 2.94. The van der Waals surface area contributed by atoms with Crippen molar-refractivity contribution in [3.63, 3.8) is 0 Å². The third-order valence-corrected chi connectivity index (χ3v) is 5.99. The molecular formula is C19H20N6O3S. The SMILES string of the molecule is CC1=NC(c2ccc(NC(=O)Cn3cnc4c3c(=O)n(C)c(=O)n4C)cc2)=[SH]C1. The highest BCUT2D eigenvalue weighted by Crippen LogP contribution is 2.16. The van der Waals surface area contributed by atoms with E-state index in [1.54, 1.807) is 0 Å². The maximum atomic E-state index is 12.5. The van der Waals surface area contributed by atoms with E-state index in [0.29, 0.717) is 5.69 Å². The smallest absolute Gasteiger partial charge is 0.325 e. The lowest BCUT2D eigenvalue weighted by molar-refractivity contribution is -0.116. The van der Waals surface area contributed by atoms with Gasteiger partial charge in [-0.2, -0.15) is 11.4 Å². The van der Waals surface area contributed by atoms with Crippen molar-refractivity contribution in [3.8, 4) is 0 Å². The number of fused-ring (bicyclic) bond motifs is 1. The predicted octanol–water partition coefficient (Wildman–Crippen LogP) is 0.490. The lowest BCUT2D eigenvalue weighted by Crippen LogP contribution is -2.37. The lowest BCUT2D eigenvalue weighted by Gasteiger charge is -2.08. The number of thiol groups is 1. The molecule has 0 unspecified atom stereocenters. The van der Waals surface area contributed by atoms with Crippen molar-refractivity contribution in [2.24, 2.45) is 19.1 Å². The molecule has 10 heteroatoms. The van der Waals surface area contributed by atoms with E-state index in [1.807, 2.05) is 31.2 Å². The summed E-state index contributed by atoms with van der Waals surface area (Å²) in [5, 5.41) is 2.82. The molecule has 0 aliphatic carbocycles. The number of rotatable bonds is 4. The van der Waals surface area contributed by atoms with Gasteiger partial charge in [-0.1, -0.05) is 12.1 Å². The van der Waals surface area contributed by atoms with Gasteiger partial charge in [-0.05, 0) is 19.1 Å². The van der Waals surface area contributed by atoms with Gasteiger partial charge in [0.05, 0.1) is 11.3 Å². The summed E-state index contributed by atoms with van der Waals surface area (Å²) in [6, 6.07) is 7.51. The van der Waals surface area contributed by atoms with Gasteiger partial charge in [-0.15, -0.1) is 0 Å². The lowest BCUT2D eigenvalue weighted by atomic mass is 10.2. The van der Waals surface area contributed by atoms with Crippen molar-refractivity contribution in [1.29, 1.82) is 0 Å². The molecule has 4 rings (SSSR count). The van der Waals surface area contributed by atoms with Crippen LogP contribution in [0.1, 0.15) is 12.5 Å². The molecule has 0 radical (unpaired) electrons. The normalized spacial score (nSPS) is 13.8. The van der Waals surface area contributed by atoms with Crippen LogP contribution < -0.4 is 16.6 Å². The zero-order chi connectivity index (χ0) is 20.7. The minimum Gasteiger partial charge on any atom is -0.325 e. The Morgan fingerprint density at radius 2 is 1.90 bits per heavy atom. The quantitative estimate of drug-likeness (QED) is 0.481. The number of hydrogen-bond acceptors (Lipinski definition) is 5. The Labute approximate surface area is 169 Å². The third kappa shape index (κ3) is 3.46. The van der Waals surface area contributed by atoms with Gasteiger partial charge in [0.2, 0.25) is 5.91 Å². The van der Waals surface area contributed by atoms with Crippen molar-refractivity contribution >= 4 is 44.8 Å². The largest absolute Gasteiger partial charge is 0.332 e. The maximum absolute atomic E-state index is 12.5. The Bertz CT molecular complexity index is 1310. The second-order valence-electron chi connectivity index (χ2n) is 6.86. The molecule has 1 amide bonds. The van der Waals surface area contributed by atoms with Crippen LogP contribution >= 0.6 is 11.4 Å². The first kappa shape index (κ1) is 19.1. The number of aryl methyl sites for hydroxylation is 1. The molecule has 0 saturated heterocycles. The molecule has 1 N–H and O–H groups in total. The Hall–Kier alpha value is -3.27. The fourth-order valence-electron chi connectivity index (χ4n) is 3.17. The molecule has 3 heterocycles.